The molecule has 4 rings (SSSR count). The summed E-state index contributed by atoms with van der Waals surface area (Å²) in [5.41, 5.74) is 2.95. The van der Waals surface area contributed by atoms with Crippen molar-refractivity contribution in [3.63, 3.8) is 0 Å². The van der Waals surface area contributed by atoms with Gasteiger partial charge in [-0.2, -0.15) is 0 Å². The zero-order valence-corrected chi connectivity index (χ0v) is 19.2. The van der Waals surface area contributed by atoms with Crippen molar-refractivity contribution < 1.29 is 24.0 Å². The third-order valence-electron chi connectivity index (χ3n) is 5.11. The number of hydrogen-bond acceptors (Lipinski definition) is 6. The Bertz CT molecular complexity index is 1330. The molecule has 2 aromatic carbocycles. The first-order chi connectivity index (χ1) is 16.4. The minimum atomic E-state index is -1.05. The SMILES string of the molecule is CCOC(=O)N(c1ccccc1Cl)c1c(-c2ccc(Cn3cncc3C(=O)O)cc2)noc1C. The maximum absolute atomic E-state index is 13.0. The number of carbonyl (C=O) groups excluding carboxylic acids is 1. The highest BCUT2D eigenvalue weighted by atomic mass is 35.5. The van der Waals surface area contributed by atoms with E-state index >= 15 is 0 Å². The fraction of sp³-hybridized carbons (Fsp3) is 0.167. The maximum atomic E-state index is 13.0. The van der Waals surface area contributed by atoms with Crippen molar-refractivity contribution in [3.8, 4) is 11.3 Å². The maximum Gasteiger partial charge on any atom is 0.419 e. The van der Waals surface area contributed by atoms with Crippen molar-refractivity contribution in [2.45, 2.75) is 20.4 Å². The molecule has 10 heteroatoms. The normalized spacial score (nSPS) is 10.8. The number of hydrogen-bond donors (Lipinski definition) is 1. The quantitative estimate of drug-likeness (QED) is 0.369. The lowest BCUT2D eigenvalue weighted by Gasteiger charge is -2.23. The van der Waals surface area contributed by atoms with Crippen LogP contribution < -0.4 is 4.90 Å². The van der Waals surface area contributed by atoms with Gasteiger partial charge >= 0.3 is 12.1 Å². The Hall–Kier alpha value is -4.11. The molecule has 0 aliphatic heterocycles. The average molecular weight is 481 g/mol. The van der Waals surface area contributed by atoms with Gasteiger partial charge in [-0.25, -0.2) is 19.5 Å². The predicted molar refractivity (Wildman–Crippen MR) is 126 cm³/mol. The van der Waals surface area contributed by atoms with E-state index in [9.17, 15) is 14.7 Å². The van der Waals surface area contributed by atoms with Gasteiger partial charge in [0.05, 0.1) is 29.8 Å². The first kappa shape index (κ1) is 23.1. The molecule has 1 amide bonds. The van der Waals surface area contributed by atoms with Gasteiger partial charge in [0.1, 0.15) is 17.1 Å². The van der Waals surface area contributed by atoms with Crippen molar-refractivity contribution >= 4 is 35.0 Å². The zero-order chi connectivity index (χ0) is 24.2. The molecule has 1 N–H and O–H groups in total. The molecule has 0 unspecified atom stereocenters. The van der Waals surface area contributed by atoms with Crippen LogP contribution in [-0.2, 0) is 11.3 Å². The molecule has 0 atom stereocenters. The molecule has 0 spiro atoms. The Morgan fingerprint density at radius 2 is 1.91 bits per heavy atom. The summed E-state index contributed by atoms with van der Waals surface area (Å²) < 4.78 is 12.3. The van der Waals surface area contributed by atoms with Gasteiger partial charge < -0.3 is 18.9 Å². The van der Waals surface area contributed by atoms with Gasteiger partial charge in [-0.1, -0.05) is 53.2 Å². The number of benzene rings is 2. The molecular formula is C24H21ClN4O5. The number of aryl methyl sites for hydroxylation is 1. The van der Waals surface area contributed by atoms with Crippen LogP contribution in [0.25, 0.3) is 11.3 Å². The Balaban J connectivity index is 1.71. The Morgan fingerprint density at radius 1 is 1.18 bits per heavy atom. The molecule has 0 radical (unpaired) electrons. The second-order valence-electron chi connectivity index (χ2n) is 7.33. The summed E-state index contributed by atoms with van der Waals surface area (Å²) in [4.78, 5) is 29.6. The first-order valence-electron chi connectivity index (χ1n) is 10.4. The van der Waals surface area contributed by atoms with Gasteiger partial charge in [-0.15, -0.1) is 0 Å². The zero-order valence-electron chi connectivity index (χ0n) is 18.4. The number of aromatic nitrogens is 3. The van der Waals surface area contributed by atoms with Gasteiger partial charge in [0.2, 0.25) is 0 Å². The molecule has 174 valence electrons. The topological polar surface area (TPSA) is 111 Å². The van der Waals surface area contributed by atoms with Crippen molar-refractivity contribution in [1.82, 2.24) is 14.7 Å². The molecule has 4 aromatic rings. The van der Waals surface area contributed by atoms with Crippen LogP contribution in [-0.4, -0.2) is 38.5 Å². The highest BCUT2D eigenvalue weighted by molar-refractivity contribution is 6.34. The molecule has 2 aromatic heterocycles. The third kappa shape index (κ3) is 4.51. The number of nitrogens with zero attached hydrogens (tertiary/aromatic N) is 4. The molecule has 34 heavy (non-hydrogen) atoms. The van der Waals surface area contributed by atoms with Gasteiger partial charge in [-0.3, -0.25) is 0 Å². The van der Waals surface area contributed by atoms with Crippen molar-refractivity contribution in [1.29, 1.82) is 0 Å². The van der Waals surface area contributed by atoms with Crippen LogP contribution in [0.2, 0.25) is 5.02 Å². The number of carbonyl (C=O) groups is 2. The van der Waals surface area contributed by atoms with Crippen molar-refractivity contribution in [3.05, 3.63) is 83.1 Å². The molecule has 9 nitrogen and oxygen atoms in total. The fourth-order valence-electron chi connectivity index (χ4n) is 3.54. The number of aromatic carboxylic acids is 1. The van der Waals surface area contributed by atoms with Crippen LogP contribution in [0.3, 0.4) is 0 Å². The van der Waals surface area contributed by atoms with Gasteiger partial charge in [-0.05, 0) is 31.5 Å². The van der Waals surface area contributed by atoms with E-state index < -0.39 is 12.1 Å². The van der Waals surface area contributed by atoms with E-state index in [4.69, 9.17) is 20.9 Å². The van der Waals surface area contributed by atoms with E-state index in [1.165, 1.54) is 17.4 Å². The minimum absolute atomic E-state index is 0.100. The van der Waals surface area contributed by atoms with E-state index in [1.54, 1.807) is 42.7 Å². The van der Waals surface area contributed by atoms with E-state index in [-0.39, 0.29) is 12.3 Å². The molecular weight excluding hydrogens is 460 g/mol. The number of amides is 1. The standard InChI is InChI=1S/C24H21ClN4O5/c1-3-33-24(32)29(19-7-5-4-6-18(19)25)22-15(2)34-27-21(22)17-10-8-16(9-11-17)13-28-14-26-12-20(28)23(30)31/h4-12,14H,3,13H2,1-2H3,(H,30,31). The van der Waals surface area contributed by atoms with Crippen LogP contribution in [0.15, 0.2) is 65.6 Å². The van der Waals surface area contributed by atoms with E-state index in [1.807, 2.05) is 24.3 Å². The summed E-state index contributed by atoms with van der Waals surface area (Å²) in [6.07, 6.45) is 2.16. The number of para-hydroxylation sites is 1. The van der Waals surface area contributed by atoms with Crippen molar-refractivity contribution in [2.24, 2.45) is 0 Å². The second kappa shape index (κ2) is 9.80. The van der Waals surface area contributed by atoms with E-state index in [2.05, 4.69) is 10.1 Å². The molecule has 0 aliphatic carbocycles. The first-order valence-corrected chi connectivity index (χ1v) is 10.8. The predicted octanol–water partition coefficient (Wildman–Crippen LogP) is 5.54. The summed E-state index contributed by atoms with van der Waals surface area (Å²) in [6.45, 7) is 3.94. The highest BCUT2D eigenvalue weighted by Gasteiger charge is 2.29. The molecule has 0 saturated carbocycles. The number of carboxylic acids is 1. The third-order valence-corrected chi connectivity index (χ3v) is 5.43. The second-order valence-corrected chi connectivity index (χ2v) is 7.74. The average Bonchev–Trinajstić information content (AvgIpc) is 3.43. The lowest BCUT2D eigenvalue weighted by atomic mass is 10.1. The summed E-state index contributed by atoms with van der Waals surface area (Å²) in [7, 11) is 0. The molecule has 2 heterocycles. The van der Waals surface area contributed by atoms with E-state index in [0.717, 1.165) is 5.56 Å². The number of carboxylic acid groups (broad SMARTS) is 1. The Morgan fingerprint density at radius 3 is 2.59 bits per heavy atom. The Labute approximate surface area is 200 Å². The lowest BCUT2D eigenvalue weighted by molar-refractivity contribution is 0.0685. The van der Waals surface area contributed by atoms with Gasteiger partial charge in [0.25, 0.3) is 0 Å². The van der Waals surface area contributed by atoms with Crippen LogP contribution in [0.4, 0.5) is 16.2 Å². The monoisotopic (exact) mass is 480 g/mol. The summed E-state index contributed by atoms with van der Waals surface area (Å²) in [5.74, 6) is -0.632. The van der Waals surface area contributed by atoms with Crippen molar-refractivity contribution in [2.75, 3.05) is 11.5 Å². The van der Waals surface area contributed by atoms with E-state index in [0.29, 0.717) is 40.0 Å². The van der Waals surface area contributed by atoms with Crippen LogP contribution >= 0.6 is 11.6 Å². The number of halogens is 1. The number of anilines is 2. The number of imidazole rings is 1. The summed E-state index contributed by atoms with van der Waals surface area (Å²) in [6, 6.07) is 14.3. The molecule has 0 saturated heterocycles. The Kier molecular flexibility index (Phi) is 6.65. The molecule has 0 fully saturated rings. The fourth-order valence-corrected chi connectivity index (χ4v) is 3.76. The number of rotatable bonds is 7. The lowest BCUT2D eigenvalue weighted by Crippen LogP contribution is -2.27. The minimum Gasteiger partial charge on any atom is -0.477 e. The smallest absolute Gasteiger partial charge is 0.419 e. The molecule has 0 bridgehead atoms. The molecule has 0 aliphatic rings. The van der Waals surface area contributed by atoms with Crippen LogP contribution in [0.1, 0.15) is 28.7 Å². The largest absolute Gasteiger partial charge is 0.477 e. The summed E-state index contributed by atoms with van der Waals surface area (Å²) in [5, 5.41) is 13.8. The van der Waals surface area contributed by atoms with Gasteiger partial charge in [0.15, 0.2) is 5.76 Å². The van der Waals surface area contributed by atoms with Crippen LogP contribution in [0, 0.1) is 6.92 Å². The highest BCUT2D eigenvalue weighted by Crippen LogP contribution is 2.40. The van der Waals surface area contributed by atoms with Gasteiger partial charge in [0, 0.05) is 12.1 Å². The van der Waals surface area contributed by atoms with Crippen LogP contribution in [0.5, 0.6) is 0 Å². The summed E-state index contributed by atoms with van der Waals surface area (Å²) >= 11 is 6.40. The number of ether oxygens (including phenoxy) is 1.